The monoisotopic (exact) mass is 417 g/mol. The number of hydrogen-bond donors (Lipinski definition) is 1. The number of carbonyl (C=O) groups excluding carboxylic acids is 1. The minimum Gasteiger partial charge on any atom is -0.495 e. The molecule has 0 bridgehead atoms. The molecular formula is C19H19ClF3NO4. The molecule has 0 radical (unpaired) electrons. The number of hydrogen-bond acceptors (Lipinski definition) is 4. The SMILES string of the molecule is COc1ccc(NC(=O)CCc2ccc(OCC(F)(F)F)c(OC)c2)cc1Cl. The predicted molar refractivity (Wildman–Crippen MR) is 99.5 cm³/mol. The number of aryl methyl sites for hydroxylation is 1. The van der Waals surface area contributed by atoms with Crippen LogP contribution in [0.15, 0.2) is 36.4 Å². The molecule has 5 nitrogen and oxygen atoms in total. The molecule has 0 aliphatic carbocycles. The van der Waals surface area contributed by atoms with E-state index < -0.39 is 12.8 Å². The lowest BCUT2D eigenvalue weighted by Gasteiger charge is -2.13. The van der Waals surface area contributed by atoms with Crippen molar-refractivity contribution in [3.63, 3.8) is 0 Å². The van der Waals surface area contributed by atoms with E-state index in [-0.39, 0.29) is 23.8 Å². The summed E-state index contributed by atoms with van der Waals surface area (Å²) in [5, 5.41) is 3.10. The third-order valence-corrected chi connectivity index (χ3v) is 3.99. The lowest BCUT2D eigenvalue weighted by molar-refractivity contribution is -0.153. The highest BCUT2D eigenvalue weighted by Gasteiger charge is 2.29. The number of ether oxygens (including phenoxy) is 3. The minimum absolute atomic E-state index is 0.0131. The number of halogens is 4. The molecule has 1 amide bonds. The van der Waals surface area contributed by atoms with Crippen molar-refractivity contribution in [2.45, 2.75) is 19.0 Å². The summed E-state index contributed by atoms with van der Waals surface area (Å²) in [6.07, 6.45) is -3.91. The van der Waals surface area contributed by atoms with Crippen LogP contribution in [0.1, 0.15) is 12.0 Å². The van der Waals surface area contributed by atoms with Gasteiger partial charge in [-0.2, -0.15) is 13.2 Å². The van der Waals surface area contributed by atoms with E-state index in [9.17, 15) is 18.0 Å². The second-order valence-electron chi connectivity index (χ2n) is 5.79. The number of alkyl halides is 3. The van der Waals surface area contributed by atoms with Crippen LogP contribution in [0, 0.1) is 0 Å². The number of benzene rings is 2. The first-order valence-corrected chi connectivity index (χ1v) is 8.59. The summed E-state index contributed by atoms with van der Waals surface area (Å²) in [6, 6.07) is 9.41. The highest BCUT2D eigenvalue weighted by atomic mass is 35.5. The molecule has 0 aliphatic heterocycles. The smallest absolute Gasteiger partial charge is 0.422 e. The van der Waals surface area contributed by atoms with Gasteiger partial charge in [-0.15, -0.1) is 0 Å². The van der Waals surface area contributed by atoms with Gasteiger partial charge in [-0.05, 0) is 42.3 Å². The predicted octanol–water partition coefficient (Wildman–Crippen LogP) is 4.87. The number of carbonyl (C=O) groups is 1. The fraction of sp³-hybridized carbons (Fsp3) is 0.316. The van der Waals surface area contributed by atoms with Gasteiger partial charge in [-0.3, -0.25) is 4.79 Å². The standard InChI is InChI=1S/C19H19ClF3NO4/c1-26-15-7-5-13(10-14(15)20)24-18(25)8-4-12-3-6-16(17(9-12)27-2)28-11-19(21,22)23/h3,5-7,9-10H,4,8,11H2,1-2H3,(H,24,25). The molecule has 1 N–H and O–H groups in total. The molecule has 9 heteroatoms. The molecule has 0 aromatic heterocycles. The van der Waals surface area contributed by atoms with Gasteiger partial charge in [0.15, 0.2) is 18.1 Å². The van der Waals surface area contributed by atoms with Gasteiger partial charge in [0.05, 0.1) is 19.2 Å². The summed E-state index contributed by atoms with van der Waals surface area (Å²) in [7, 11) is 2.83. The first-order valence-electron chi connectivity index (χ1n) is 8.21. The summed E-state index contributed by atoms with van der Waals surface area (Å²) in [4.78, 5) is 12.1. The number of nitrogens with one attached hydrogen (secondary N) is 1. The molecule has 0 unspecified atom stereocenters. The molecule has 28 heavy (non-hydrogen) atoms. The average Bonchev–Trinajstić information content (AvgIpc) is 2.64. The van der Waals surface area contributed by atoms with Gasteiger partial charge >= 0.3 is 6.18 Å². The second-order valence-corrected chi connectivity index (χ2v) is 6.19. The van der Waals surface area contributed by atoms with E-state index in [0.29, 0.717) is 22.9 Å². The maximum Gasteiger partial charge on any atom is 0.422 e. The van der Waals surface area contributed by atoms with Gasteiger partial charge in [0.25, 0.3) is 0 Å². The number of rotatable bonds is 8. The Bertz CT molecular complexity index is 827. The Morgan fingerprint density at radius 3 is 2.32 bits per heavy atom. The van der Waals surface area contributed by atoms with Crippen LogP contribution in [-0.4, -0.2) is 32.9 Å². The summed E-state index contributed by atoms with van der Waals surface area (Å²) >= 11 is 6.02. The van der Waals surface area contributed by atoms with E-state index in [1.54, 1.807) is 30.3 Å². The van der Waals surface area contributed by atoms with Crippen LogP contribution in [0.25, 0.3) is 0 Å². The van der Waals surface area contributed by atoms with E-state index >= 15 is 0 Å². The summed E-state index contributed by atoms with van der Waals surface area (Å²) < 4.78 is 51.7. The van der Waals surface area contributed by atoms with Gasteiger partial charge in [-0.25, -0.2) is 0 Å². The van der Waals surface area contributed by atoms with Crippen LogP contribution < -0.4 is 19.5 Å². The molecule has 2 aromatic carbocycles. The van der Waals surface area contributed by atoms with Crippen LogP contribution in [0.3, 0.4) is 0 Å². The van der Waals surface area contributed by atoms with Crippen molar-refractivity contribution < 1.29 is 32.2 Å². The molecule has 0 saturated carbocycles. The van der Waals surface area contributed by atoms with Crippen LogP contribution >= 0.6 is 11.6 Å². The largest absolute Gasteiger partial charge is 0.495 e. The van der Waals surface area contributed by atoms with Crippen molar-refractivity contribution in [2.24, 2.45) is 0 Å². The maximum absolute atomic E-state index is 12.3. The average molecular weight is 418 g/mol. The van der Waals surface area contributed by atoms with Gasteiger partial charge in [-0.1, -0.05) is 17.7 Å². The third kappa shape index (κ3) is 6.53. The molecule has 0 heterocycles. The van der Waals surface area contributed by atoms with E-state index in [4.69, 9.17) is 25.8 Å². The van der Waals surface area contributed by atoms with E-state index in [1.807, 2.05) is 0 Å². The Hall–Kier alpha value is -2.61. The lowest BCUT2D eigenvalue weighted by Crippen LogP contribution is -2.19. The highest BCUT2D eigenvalue weighted by molar-refractivity contribution is 6.32. The molecule has 0 atom stereocenters. The molecule has 0 saturated heterocycles. The van der Waals surface area contributed by atoms with Gasteiger partial charge in [0.1, 0.15) is 5.75 Å². The van der Waals surface area contributed by atoms with Crippen molar-refractivity contribution in [3.05, 3.63) is 47.0 Å². The fourth-order valence-electron chi connectivity index (χ4n) is 2.37. The molecule has 2 rings (SSSR count). The van der Waals surface area contributed by atoms with Crippen LogP contribution in [0.2, 0.25) is 5.02 Å². The number of methoxy groups -OCH3 is 2. The van der Waals surface area contributed by atoms with Crippen molar-refractivity contribution in [1.82, 2.24) is 0 Å². The first-order chi connectivity index (χ1) is 13.2. The van der Waals surface area contributed by atoms with E-state index in [1.165, 1.54) is 20.3 Å². The number of anilines is 1. The van der Waals surface area contributed by atoms with Crippen molar-refractivity contribution >= 4 is 23.2 Å². The molecular weight excluding hydrogens is 399 g/mol. The summed E-state index contributed by atoms with van der Waals surface area (Å²) in [5.74, 6) is 0.419. The van der Waals surface area contributed by atoms with Crippen molar-refractivity contribution in [1.29, 1.82) is 0 Å². The van der Waals surface area contributed by atoms with Crippen LogP contribution in [-0.2, 0) is 11.2 Å². The van der Waals surface area contributed by atoms with Gasteiger partial charge in [0, 0.05) is 12.1 Å². The lowest BCUT2D eigenvalue weighted by atomic mass is 10.1. The Morgan fingerprint density at radius 2 is 1.71 bits per heavy atom. The normalized spacial score (nSPS) is 11.1. The zero-order valence-corrected chi connectivity index (χ0v) is 16.0. The zero-order chi connectivity index (χ0) is 20.7. The molecule has 0 aliphatic rings. The molecule has 152 valence electrons. The van der Waals surface area contributed by atoms with E-state index in [2.05, 4.69) is 5.32 Å². The maximum atomic E-state index is 12.3. The Kier molecular flexibility index (Phi) is 7.39. The van der Waals surface area contributed by atoms with Crippen molar-refractivity contribution in [2.75, 3.05) is 26.1 Å². The minimum atomic E-state index is -4.44. The first kappa shape index (κ1) is 21.7. The topological polar surface area (TPSA) is 56.8 Å². The molecule has 0 spiro atoms. The van der Waals surface area contributed by atoms with E-state index in [0.717, 1.165) is 5.56 Å². The Balaban J connectivity index is 1.94. The Labute approximate surface area is 165 Å². The van der Waals surface area contributed by atoms with Crippen LogP contribution in [0.4, 0.5) is 18.9 Å². The Morgan fingerprint density at radius 1 is 1.04 bits per heavy atom. The summed E-state index contributed by atoms with van der Waals surface area (Å²) in [6.45, 7) is -1.41. The molecule has 0 fully saturated rings. The van der Waals surface area contributed by atoms with Gasteiger partial charge in [0.2, 0.25) is 5.91 Å². The molecule has 2 aromatic rings. The quantitative estimate of drug-likeness (QED) is 0.665. The third-order valence-electron chi connectivity index (χ3n) is 3.70. The van der Waals surface area contributed by atoms with Crippen molar-refractivity contribution in [3.8, 4) is 17.2 Å². The summed E-state index contributed by atoms with van der Waals surface area (Å²) in [5.41, 5.74) is 1.25. The highest BCUT2D eigenvalue weighted by Crippen LogP contribution is 2.30. The number of amides is 1. The van der Waals surface area contributed by atoms with Gasteiger partial charge < -0.3 is 19.5 Å². The fourth-order valence-corrected chi connectivity index (χ4v) is 2.63. The van der Waals surface area contributed by atoms with Crippen LogP contribution in [0.5, 0.6) is 17.2 Å². The zero-order valence-electron chi connectivity index (χ0n) is 15.2. The second kappa shape index (κ2) is 9.54.